The van der Waals surface area contributed by atoms with Gasteiger partial charge in [-0.1, -0.05) is 0 Å². The van der Waals surface area contributed by atoms with E-state index >= 15 is 0 Å². The summed E-state index contributed by atoms with van der Waals surface area (Å²) in [6.07, 6.45) is 3.07. The number of methoxy groups -OCH3 is 1. The molecule has 10 nitrogen and oxygen atoms in total. The Morgan fingerprint density at radius 3 is 2.56 bits per heavy atom. The van der Waals surface area contributed by atoms with Gasteiger partial charge in [-0.25, -0.2) is 4.98 Å². The number of ether oxygens (including phenoxy) is 3. The van der Waals surface area contributed by atoms with Gasteiger partial charge in [-0.3, -0.25) is 5.41 Å². The summed E-state index contributed by atoms with van der Waals surface area (Å²) < 4.78 is 16.8. The smallest absolute Gasteiger partial charge is 0.162 e. The maximum absolute atomic E-state index is 9.76. The first-order chi connectivity index (χ1) is 17.2. The molecule has 0 unspecified atom stereocenters. The molecular formula is C26H31N7O3. The molecule has 0 atom stereocenters. The van der Waals surface area contributed by atoms with Crippen LogP contribution in [-0.2, 0) is 4.74 Å². The van der Waals surface area contributed by atoms with Gasteiger partial charge in [0.1, 0.15) is 18.5 Å². The highest BCUT2D eigenvalue weighted by atomic mass is 16.5. The van der Waals surface area contributed by atoms with E-state index in [-0.39, 0.29) is 17.7 Å². The second-order valence-electron chi connectivity index (χ2n) is 9.32. The zero-order chi connectivity index (χ0) is 26.0. The van der Waals surface area contributed by atoms with E-state index in [0.717, 1.165) is 37.4 Å². The summed E-state index contributed by atoms with van der Waals surface area (Å²) in [6.45, 7) is 6.91. The monoisotopic (exact) mass is 489 g/mol. The number of nitriles is 1. The Kier molecular flexibility index (Phi) is 6.77. The molecule has 2 aliphatic rings. The van der Waals surface area contributed by atoms with E-state index in [1.807, 2.05) is 6.92 Å². The average Bonchev–Trinajstić information content (AvgIpc) is 2.82. The van der Waals surface area contributed by atoms with Crippen molar-refractivity contribution in [3.8, 4) is 17.6 Å². The third kappa shape index (κ3) is 4.53. The molecule has 0 radical (unpaired) electrons. The van der Waals surface area contributed by atoms with E-state index in [1.54, 1.807) is 31.3 Å². The van der Waals surface area contributed by atoms with Crippen LogP contribution in [0.25, 0.3) is 0 Å². The first-order valence-corrected chi connectivity index (χ1v) is 11.5. The lowest BCUT2D eigenvalue weighted by atomic mass is 9.78. The predicted molar refractivity (Wildman–Crippen MR) is 138 cm³/mol. The topological polar surface area (TPSA) is 170 Å². The molecule has 0 aliphatic carbocycles. The summed E-state index contributed by atoms with van der Waals surface area (Å²) in [5, 5.41) is 18.6. The van der Waals surface area contributed by atoms with Crippen molar-refractivity contribution in [1.29, 1.82) is 10.7 Å². The van der Waals surface area contributed by atoms with Crippen molar-refractivity contribution in [2.45, 2.75) is 13.8 Å². The van der Waals surface area contributed by atoms with Gasteiger partial charge in [0, 0.05) is 53.4 Å². The van der Waals surface area contributed by atoms with Gasteiger partial charge in [0.15, 0.2) is 11.5 Å². The number of nitrogens with two attached hydrogens (primary N) is 3. The van der Waals surface area contributed by atoms with Crippen LogP contribution in [0.2, 0.25) is 0 Å². The number of nitrogens with one attached hydrogen (secondary N) is 1. The van der Waals surface area contributed by atoms with Crippen LogP contribution in [0.3, 0.4) is 0 Å². The molecule has 4 rings (SSSR count). The van der Waals surface area contributed by atoms with Crippen molar-refractivity contribution in [3.63, 3.8) is 0 Å². The Morgan fingerprint density at radius 1 is 1.28 bits per heavy atom. The molecule has 36 heavy (non-hydrogen) atoms. The standard InChI is InChI=1S/C26H31N7O3/c1-15(7-27)20(16(2)29)10-36-23-5-19(21(30)6-22(23)34-3)24(31)18-4-17(8-28)25(32-9-18)33-11-26(12-33)13-35-14-26/h4-7,9,31H,10-14,27,29-30H2,1-3H3/b15-7-,20-16-,31-24?. The molecule has 10 heteroatoms. The summed E-state index contributed by atoms with van der Waals surface area (Å²) in [5.74, 6) is 1.44. The molecule has 2 aliphatic heterocycles. The quantitative estimate of drug-likeness (QED) is 0.247. The molecule has 0 saturated carbocycles. The summed E-state index contributed by atoms with van der Waals surface area (Å²) in [7, 11) is 1.51. The second-order valence-corrected chi connectivity index (χ2v) is 9.32. The fourth-order valence-electron chi connectivity index (χ4n) is 4.42. The number of nitrogens with zero attached hydrogens (tertiary/aromatic N) is 3. The van der Waals surface area contributed by atoms with Crippen LogP contribution >= 0.6 is 0 Å². The highest BCUT2D eigenvalue weighted by Crippen LogP contribution is 2.40. The van der Waals surface area contributed by atoms with E-state index in [1.165, 1.54) is 13.3 Å². The predicted octanol–water partition coefficient (Wildman–Crippen LogP) is 2.27. The number of aromatic nitrogens is 1. The second kappa shape index (κ2) is 9.79. The van der Waals surface area contributed by atoms with E-state index in [0.29, 0.717) is 45.4 Å². The Bertz CT molecular complexity index is 1290. The Labute approximate surface area is 210 Å². The number of allylic oxidation sites excluding steroid dienone is 1. The maximum Gasteiger partial charge on any atom is 0.162 e. The number of hydrogen-bond acceptors (Lipinski definition) is 10. The minimum atomic E-state index is 0.117. The van der Waals surface area contributed by atoms with Gasteiger partial charge in [-0.15, -0.1) is 0 Å². The fraction of sp³-hybridized carbons (Fsp3) is 0.346. The molecule has 188 valence electrons. The number of benzene rings is 1. The van der Waals surface area contributed by atoms with Gasteiger partial charge in [0.05, 0.1) is 37.0 Å². The lowest BCUT2D eigenvalue weighted by Crippen LogP contribution is -2.66. The van der Waals surface area contributed by atoms with Crippen molar-refractivity contribution in [2.24, 2.45) is 16.9 Å². The van der Waals surface area contributed by atoms with Gasteiger partial charge >= 0.3 is 0 Å². The highest BCUT2D eigenvalue weighted by molar-refractivity contribution is 6.14. The van der Waals surface area contributed by atoms with Crippen molar-refractivity contribution in [1.82, 2.24) is 4.98 Å². The normalized spacial score (nSPS) is 16.9. The molecule has 0 amide bonds. The lowest BCUT2D eigenvalue weighted by molar-refractivity contribution is -0.127. The van der Waals surface area contributed by atoms with Crippen LogP contribution in [0.4, 0.5) is 11.5 Å². The molecule has 3 heterocycles. The maximum atomic E-state index is 9.76. The van der Waals surface area contributed by atoms with Crippen molar-refractivity contribution in [3.05, 3.63) is 64.1 Å². The third-order valence-electron chi connectivity index (χ3n) is 6.62. The van der Waals surface area contributed by atoms with Crippen molar-refractivity contribution >= 4 is 17.2 Å². The van der Waals surface area contributed by atoms with Gasteiger partial charge in [0.25, 0.3) is 0 Å². The van der Waals surface area contributed by atoms with Gasteiger partial charge in [-0.2, -0.15) is 5.26 Å². The molecule has 2 aromatic rings. The number of anilines is 2. The summed E-state index contributed by atoms with van der Waals surface area (Å²) in [6, 6.07) is 7.15. The third-order valence-corrected chi connectivity index (χ3v) is 6.62. The van der Waals surface area contributed by atoms with Gasteiger partial charge in [-0.05, 0) is 37.8 Å². The molecule has 1 aromatic carbocycles. The molecule has 0 bridgehead atoms. The molecule has 1 spiro atoms. The zero-order valence-electron chi connectivity index (χ0n) is 20.7. The Hall–Kier alpha value is -4.23. The van der Waals surface area contributed by atoms with Crippen LogP contribution in [0.1, 0.15) is 30.5 Å². The van der Waals surface area contributed by atoms with E-state index in [2.05, 4.69) is 16.0 Å². The van der Waals surface area contributed by atoms with Crippen molar-refractivity contribution in [2.75, 3.05) is 50.7 Å². The number of pyridine rings is 1. The minimum Gasteiger partial charge on any atom is -0.493 e. The average molecular weight is 490 g/mol. The molecule has 7 N–H and O–H groups in total. The number of rotatable bonds is 8. The highest BCUT2D eigenvalue weighted by Gasteiger charge is 2.49. The molecule has 1 aromatic heterocycles. The number of hydrogen-bond donors (Lipinski definition) is 4. The van der Waals surface area contributed by atoms with Crippen LogP contribution < -0.4 is 31.6 Å². The van der Waals surface area contributed by atoms with E-state index in [9.17, 15) is 5.26 Å². The largest absolute Gasteiger partial charge is 0.493 e. The summed E-state index contributed by atoms with van der Waals surface area (Å²) >= 11 is 0. The lowest BCUT2D eigenvalue weighted by Gasteiger charge is -2.55. The fourth-order valence-corrected chi connectivity index (χ4v) is 4.42. The zero-order valence-corrected chi connectivity index (χ0v) is 20.7. The van der Waals surface area contributed by atoms with Crippen LogP contribution in [0.5, 0.6) is 11.5 Å². The van der Waals surface area contributed by atoms with Crippen LogP contribution in [-0.4, -0.2) is 50.7 Å². The summed E-state index contributed by atoms with van der Waals surface area (Å²) in [5.41, 5.74) is 22.0. The van der Waals surface area contributed by atoms with Crippen LogP contribution in [0.15, 0.2) is 47.4 Å². The molecular weight excluding hydrogens is 458 g/mol. The SMILES string of the molecule is COc1cc(N)c(C(=N)c2cnc(N3CC4(COC4)C3)c(C#N)c2)cc1OCC(/C(C)=C\N)=C(\C)N. The Morgan fingerprint density at radius 2 is 2.00 bits per heavy atom. The van der Waals surface area contributed by atoms with E-state index < -0.39 is 0 Å². The first-order valence-electron chi connectivity index (χ1n) is 11.5. The van der Waals surface area contributed by atoms with E-state index in [4.69, 9.17) is 36.8 Å². The molecule has 2 saturated heterocycles. The number of nitrogen functional groups attached to an aromatic ring is 1. The van der Waals surface area contributed by atoms with Gasteiger partial charge in [0.2, 0.25) is 0 Å². The minimum absolute atomic E-state index is 0.117. The van der Waals surface area contributed by atoms with Gasteiger partial charge < -0.3 is 36.3 Å². The molecule has 2 fully saturated rings. The first kappa shape index (κ1) is 24.9. The van der Waals surface area contributed by atoms with Crippen molar-refractivity contribution < 1.29 is 14.2 Å². The Balaban J connectivity index is 1.60. The summed E-state index contributed by atoms with van der Waals surface area (Å²) in [4.78, 5) is 6.60. The van der Waals surface area contributed by atoms with Crippen LogP contribution in [0, 0.1) is 22.2 Å².